The third kappa shape index (κ3) is 4.91. The van der Waals surface area contributed by atoms with Crippen LogP contribution in [0.2, 0.25) is 0 Å². The lowest BCUT2D eigenvalue weighted by Gasteiger charge is -2.26. The van der Waals surface area contributed by atoms with Crippen molar-refractivity contribution in [1.29, 1.82) is 0 Å². The Bertz CT molecular complexity index is 534. The molecule has 1 fully saturated rings. The highest BCUT2D eigenvalue weighted by Crippen LogP contribution is 2.23. The van der Waals surface area contributed by atoms with Gasteiger partial charge in [0.1, 0.15) is 0 Å². The molecule has 3 heteroatoms. The maximum absolute atomic E-state index is 12.3. The summed E-state index contributed by atoms with van der Waals surface area (Å²) in [5, 5.41) is 11.8. The molecule has 21 heavy (non-hydrogen) atoms. The lowest BCUT2D eigenvalue weighted by Crippen LogP contribution is -2.37. The lowest BCUT2D eigenvalue weighted by molar-refractivity contribution is 0.0923. The van der Waals surface area contributed by atoms with Gasteiger partial charge in [-0.05, 0) is 49.8 Å². The average Bonchev–Trinajstić information content (AvgIpc) is 2.50. The Balaban J connectivity index is 1.96. The van der Waals surface area contributed by atoms with Gasteiger partial charge in [-0.25, -0.2) is 0 Å². The molecule has 0 atom stereocenters. The Morgan fingerprint density at radius 1 is 1.33 bits per heavy atom. The van der Waals surface area contributed by atoms with Crippen LogP contribution in [0.1, 0.15) is 54.9 Å². The van der Waals surface area contributed by atoms with E-state index < -0.39 is 0 Å². The molecule has 2 rings (SSSR count). The fraction of sp³-hybridized carbons (Fsp3) is 0.500. The van der Waals surface area contributed by atoms with Crippen LogP contribution >= 0.6 is 0 Å². The molecule has 0 unspecified atom stereocenters. The molecule has 0 saturated heterocycles. The first-order valence-corrected chi connectivity index (χ1v) is 7.69. The van der Waals surface area contributed by atoms with Crippen molar-refractivity contribution in [3.63, 3.8) is 0 Å². The SMILES string of the molecule is CC1CCC(NC(=O)c2cccc(C#CCCO)c2)CC1. The van der Waals surface area contributed by atoms with Crippen molar-refractivity contribution in [3.8, 4) is 11.8 Å². The molecule has 0 aromatic heterocycles. The van der Waals surface area contributed by atoms with Gasteiger partial charge in [-0.3, -0.25) is 4.79 Å². The molecule has 1 saturated carbocycles. The van der Waals surface area contributed by atoms with Crippen molar-refractivity contribution in [1.82, 2.24) is 5.32 Å². The Labute approximate surface area is 126 Å². The fourth-order valence-corrected chi connectivity index (χ4v) is 2.63. The lowest BCUT2D eigenvalue weighted by atomic mass is 9.87. The van der Waals surface area contributed by atoms with E-state index in [9.17, 15) is 4.79 Å². The molecule has 112 valence electrons. The van der Waals surface area contributed by atoms with E-state index in [-0.39, 0.29) is 12.5 Å². The number of nitrogens with one attached hydrogen (secondary N) is 1. The average molecular weight is 285 g/mol. The number of carbonyl (C=O) groups excluding carboxylic acids is 1. The van der Waals surface area contributed by atoms with Gasteiger partial charge in [-0.15, -0.1) is 0 Å². The number of hydrogen-bond acceptors (Lipinski definition) is 2. The van der Waals surface area contributed by atoms with Crippen LogP contribution in [0.25, 0.3) is 0 Å². The number of aliphatic hydroxyl groups excluding tert-OH is 1. The molecule has 3 nitrogen and oxygen atoms in total. The number of aliphatic hydroxyl groups is 1. The molecule has 0 aliphatic heterocycles. The van der Waals surface area contributed by atoms with Gasteiger partial charge in [0.2, 0.25) is 0 Å². The summed E-state index contributed by atoms with van der Waals surface area (Å²) in [5.74, 6) is 6.60. The molecule has 2 N–H and O–H groups in total. The molecule has 1 aliphatic carbocycles. The van der Waals surface area contributed by atoms with E-state index in [1.165, 1.54) is 12.8 Å². The molecule has 0 bridgehead atoms. The second-order valence-electron chi connectivity index (χ2n) is 5.79. The number of rotatable bonds is 3. The monoisotopic (exact) mass is 285 g/mol. The van der Waals surface area contributed by atoms with E-state index in [1.807, 2.05) is 24.3 Å². The summed E-state index contributed by atoms with van der Waals surface area (Å²) in [4.78, 5) is 12.3. The molecule has 0 heterocycles. The number of amides is 1. The molecule has 1 amide bonds. The second-order valence-corrected chi connectivity index (χ2v) is 5.79. The number of benzene rings is 1. The highest BCUT2D eigenvalue weighted by Gasteiger charge is 2.20. The summed E-state index contributed by atoms with van der Waals surface area (Å²) in [7, 11) is 0. The van der Waals surface area contributed by atoms with Crippen molar-refractivity contribution >= 4 is 5.91 Å². The van der Waals surface area contributed by atoms with Crippen LogP contribution < -0.4 is 5.32 Å². The molecular weight excluding hydrogens is 262 g/mol. The van der Waals surface area contributed by atoms with Gasteiger partial charge in [0.15, 0.2) is 0 Å². The zero-order chi connectivity index (χ0) is 15.1. The summed E-state index contributed by atoms with van der Waals surface area (Å²) in [5.41, 5.74) is 1.47. The van der Waals surface area contributed by atoms with E-state index >= 15 is 0 Å². The Morgan fingerprint density at radius 2 is 2.10 bits per heavy atom. The Hall–Kier alpha value is -1.79. The van der Waals surface area contributed by atoms with E-state index in [1.54, 1.807) is 0 Å². The van der Waals surface area contributed by atoms with Crippen LogP contribution in [-0.2, 0) is 0 Å². The van der Waals surface area contributed by atoms with Crippen LogP contribution in [0.5, 0.6) is 0 Å². The van der Waals surface area contributed by atoms with Crippen LogP contribution in [0.4, 0.5) is 0 Å². The zero-order valence-electron chi connectivity index (χ0n) is 12.6. The number of hydrogen-bond donors (Lipinski definition) is 2. The minimum absolute atomic E-state index is 0.0136. The topological polar surface area (TPSA) is 49.3 Å². The van der Waals surface area contributed by atoms with Crippen molar-refractivity contribution in [2.45, 2.75) is 45.1 Å². The van der Waals surface area contributed by atoms with Crippen LogP contribution in [-0.4, -0.2) is 23.7 Å². The van der Waals surface area contributed by atoms with Gasteiger partial charge >= 0.3 is 0 Å². The molecule has 0 spiro atoms. The van der Waals surface area contributed by atoms with Crippen LogP contribution in [0.3, 0.4) is 0 Å². The van der Waals surface area contributed by atoms with Gasteiger partial charge in [0, 0.05) is 23.6 Å². The fourth-order valence-electron chi connectivity index (χ4n) is 2.63. The van der Waals surface area contributed by atoms with Crippen molar-refractivity contribution in [2.75, 3.05) is 6.61 Å². The maximum atomic E-state index is 12.3. The molecule has 1 aromatic rings. The zero-order valence-corrected chi connectivity index (χ0v) is 12.6. The Kier molecular flexibility index (Phi) is 5.83. The van der Waals surface area contributed by atoms with Crippen molar-refractivity contribution < 1.29 is 9.90 Å². The largest absolute Gasteiger partial charge is 0.395 e. The Morgan fingerprint density at radius 3 is 2.81 bits per heavy atom. The first-order valence-electron chi connectivity index (χ1n) is 7.69. The summed E-state index contributed by atoms with van der Waals surface area (Å²) >= 11 is 0. The molecule has 0 radical (unpaired) electrons. The minimum Gasteiger partial charge on any atom is -0.395 e. The van der Waals surface area contributed by atoms with Crippen molar-refractivity contribution in [2.24, 2.45) is 5.92 Å². The van der Waals surface area contributed by atoms with Gasteiger partial charge in [0.25, 0.3) is 5.91 Å². The molecular formula is C18H23NO2. The third-order valence-corrected chi connectivity index (χ3v) is 3.95. The molecule has 1 aliphatic rings. The second kappa shape index (κ2) is 7.85. The number of carbonyl (C=O) groups is 1. The maximum Gasteiger partial charge on any atom is 0.251 e. The summed E-state index contributed by atoms with van der Waals surface area (Å²) < 4.78 is 0. The smallest absolute Gasteiger partial charge is 0.251 e. The van der Waals surface area contributed by atoms with E-state index in [0.29, 0.717) is 18.0 Å². The van der Waals surface area contributed by atoms with Gasteiger partial charge in [-0.1, -0.05) is 24.8 Å². The normalized spacial score (nSPS) is 21.2. The van der Waals surface area contributed by atoms with E-state index in [4.69, 9.17) is 5.11 Å². The van der Waals surface area contributed by atoms with Gasteiger partial charge in [-0.2, -0.15) is 0 Å². The molecule has 1 aromatic carbocycles. The minimum atomic E-state index is -0.0136. The first-order chi connectivity index (χ1) is 10.2. The van der Waals surface area contributed by atoms with E-state index in [2.05, 4.69) is 24.1 Å². The third-order valence-electron chi connectivity index (χ3n) is 3.95. The van der Waals surface area contributed by atoms with Gasteiger partial charge < -0.3 is 10.4 Å². The first kappa shape index (κ1) is 15.6. The predicted molar refractivity (Wildman–Crippen MR) is 83.9 cm³/mol. The van der Waals surface area contributed by atoms with E-state index in [0.717, 1.165) is 24.3 Å². The standard InChI is InChI=1S/C18H23NO2/c1-14-8-10-17(11-9-14)19-18(21)16-7-4-6-15(13-16)5-2-3-12-20/h4,6-7,13-14,17,20H,3,8-12H2,1H3,(H,19,21). The van der Waals surface area contributed by atoms with Crippen molar-refractivity contribution in [3.05, 3.63) is 35.4 Å². The quantitative estimate of drug-likeness (QED) is 0.839. The van der Waals surface area contributed by atoms with Crippen LogP contribution in [0, 0.1) is 17.8 Å². The summed E-state index contributed by atoms with van der Waals surface area (Å²) in [6.07, 6.45) is 4.98. The summed E-state index contributed by atoms with van der Waals surface area (Å²) in [6.45, 7) is 2.33. The summed E-state index contributed by atoms with van der Waals surface area (Å²) in [6, 6.07) is 7.66. The predicted octanol–water partition coefficient (Wildman–Crippen LogP) is 2.73. The highest BCUT2D eigenvalue weighted by atomic mass is 16.2. The van der Waals surface area contributed by atoms with Crippen LogP contribution in [0.15, 0.2) is 24.3 Å². The highest BCUT2D eigenvalue weighted by molar-refractivity contribution is 5.94. The van der Waals surface area contributed by atoms with Gasteiger partial charge in [0.05, 0.1) is 6.61 Å².